The van der Waals surface area contributed by atoms with E-state index in [2.05, 4.69) is 0 Å². The third kappa shape index (κ3) is 7.19. The Morgan fingerprint density at radius 2 is 1.79 bits per heavy atom. The fourth-order valence-electron chi connectivity index (χ4n) is 1.33. The van der Waals surface area contributed by atoms with Crippen LogP contribution in [0.1, 0.15) is 33.1 Å². The van der Waals surface area contributed by atoms with Gasteiger partial charge in [-0.1, -0.05) is 26.0 Å². The number of carbonyl (C=O) groups is 1. The summed E-state index contributed by atoms with van der Waals surface area (Å²) in [6, 6.07) is 0. The lowest BCUT2D eigenvalue weighted by molar-refractivity contribution is -0.150. The zero-order valence-electron chi connectivity index (χ0n) is 10.9. The van der Waals surface area contributed by atoms with E-state index >= 15 is 0 Å². The maximum atomic E-state index is 12.3. The molecule has 0 rings (SSSR count). The number of nitrogens with zero attached hydrogens (tertiary/aromatic N) is 1. The van der Waals surface area contributed by atoms with Crippen LogP contribution in [0.3, 0.4) is 0 Å². The average molecular weight is 301 g/mol. The molecule has 0 heterocycles. The Bertz CT molecular complexity index is 415. The molecule has 0 saturated heterocycles. The van der Waals surface area contributed by atoms with E-state index in [4.69, 9.17) is 0 Å². The summed E-state index contributed by atoms with van der Waals surface area (Å²) in [5.74, 6) is -1.54. The predicted molar refractivity (Wildman–Crippen MR) is 65.9 cm³/mol. The Morgan fingerprint density at radius 3 is 2.21 bits per heavy atom. The Morgan fingerprint density at radius 1 is 1.21 bits per heavy atom. The summed E-state index contributed by atoms with van der Waals surface area (Å²) in [6.45, 7) is 1.54. The number of allylic oxidation sites excluding steroid dienone is 1. The number of halogens is 3. The minimum atomic E-state index is -4.75. The van der Waals surface area contributed by atoms with Crippen molar-refractivity contribution in [2.24, 2.45) is 0 Å². The molecule has 0 unspecified atom stereocenters. The van der Waals surface area contributed by atoms with Gasteiger partial charge < -0.3 is 0 Å². The summed E-state index contributed by atoms with van der Waals surface area (Å²) < 4.78 is 60.3. The first kappa shape index (κ1) is 17.9. The van der Waals surface area contributed by atoms with Gasteiger partial charge in [0.15, 0.2) is 0 Å². The fraction of sp³-hybridized carbons (Fsp3) is 0.727. The van der Waals surface area contributed by atoms with E-state index in [0.29, 0.717) is 6.42 Å². The first-order valence-corrected chi connectivity index (χ1v) is 7.50. The van der Waals surface area contributed by atoms with Gasteiger partial charge in [-0.05, 0) is 12.8 Å². The van der Waals surface area contributed by atoms with Crippen LogP contribution in [-0.4, -0.2) is 37.1 Å². The van der Waals surface area contributed by atoms with Gasteiger partial charge in [0, 0.05) is 6.42 Å². The molecule has 0 bridgehead atoms. The maximum Gasteiger partial charge on any atom is 0.407 e. The quantitative estimate of drug-likeness (QED) is 0.679. The highest BCUT2D eigenvalue weighted by atomic mass is 32.2. The molecular formula is C11H18F3NO3S. The second-order valence-corrected chi connectivity index (χ2v) is 5.93. The normalized spacial score (nSPS) is 12.9. The number of hydrogen-bond acceptors (Lipinski definition) is 3. The molecule has 0 aromatic carbocycles. The lowest BCUT2D eigenvalue weighted by atomic mass is 10.3. The van der Waals surface area contributed by atoms with Crippen LogP contribution in [0, 0.1) is 0 Å². The number of hydrogen-bond donors (Lipinski definition) is 0. The Kier molecular flexibility index (Phi) is 7.10. The first-order valence-electron chi connectivity index (χ1n) is 5.89. The van der Waals surface area contributed by atoms with E-state index in [1.54, 1.807) is 13.0 Å². The summed E-state index contributed by atoms with van der Waals surface area (Å²) >= 11 is 0. The van der Waals surface area contributed by atoms with Crippen LogP contribution in [0.25, 0.3) is 0 Å². The molecule has 112 valence electrons. The number of carbonyl (C=O) groups excluding carboxylic acids is 1. The number of sulfonamides is 1. The van der Waals surface area contributed by atoms with Crippen LogP contribution >= 0.6 is 0 Å². The van der Waals surface area contributed by atoms with Crippen LogP contribution in [-0.2, 0) is 14.8 Å². The smallest absolute Gasteiger partial charge is 0.273 e. The van der Waals surface area contributed by atoms with Crippen LogP contribution in [0.2, 0.25) is 0 Å². The highest BCUT2D eigenvalue weighted by Gasteiger charge is 2.38. The van der Waals surface area contributed by atoms with Gasteiger partial charge >= 0.3 is 6.18 Å². The Balaban J connectivity index is 5.07. The van der Waals surface area contributed by atoms with Gasteiger partial charge in [0.25, 0.3) is 0 Å². The van der Waals surface area contributed by atoms with E-state index in [9.17, 15) is 26.4 Å². The molecule has 0 aliphatic rings. The summed E-state index contributed by atoms with van der Waals surface area (Å²) in [6.07, 6.45) is -1.37. The molecule has 0 aromatic rings. The zero-order valence-corrected chi connectivity index (χ0v) is 11.7. The standard InChI is InChI=1S/C11H18F3NO3S/c1-3-5-6-7-10(16)15(9-11(12,13)14)19(17,18)8-4-2/h5-6H,3-4,7-9H2,1-2H3. The minimum absolute atomic E-state index is 0.0729. The predicted octanol–water partition coefficient (Wildman–Crippen LogP) is 2.47. The van der Waals surface area contributed by atoms with E-state index in [1.165, 1.54) is 13.0 Å². The second kappa shape index (κ2) is 7.52. The van der Waals surface area contributed by atoms with Crippen LogP contribution < -0.4 is 0 Å². The molecule has 4 nitrogen and oxygen atoms in total. The van der Waals surface area contributed by atoms with Gasteiger partial charge in [0.05, 0.1) is 5.75 Å². The molecular weight excluding hydrogens is 283 g/mol. The number of amides is 1. The Hall–Kier alpha value is -1.05. The van der Waals surface area contributed by atoms with Crippen molar-refractivity contribution in [3.05, 3.63) is 12.2 Å². The van der Waals surface area contributed by atoms with E-state index < -0.39 is 34.4 Å². The van der Waals surface area contributed by atoms with Crippen molar-refractivity contribution >= 4 is 15.9 Å². The van der Waals surface area contributed by atoms with Crippen molar-refractivity contribution in [2.75, 3.05) is 12.3 Å². The summed E-state index contributed by atoms with van der Waals surface area (Å²) in [5.41, 5.74) is 0. The van der Waals surface area contributed by atoms with Gasteiger partial charge in [-0.3, -0.25) is 4.79 Å². The van der Waals surface area contributed by atoms with Crippen molar-refractivity contribution in [1.82, 2.24) is 4.31 Å². The third-order valence-corrected chi connectivity index (χ3v) is 4.02. The molecule has 0 fully saturated rings. The van der Waals surface area contributed by atoms with E-state index in [-0.39, 0.29) is 17.1 Å². The summed E-state index contributed by atoms with van der Waals surface area (Å²) in [4.78, 5) is 11.6. The van der Waals surface area contributed by atoms with Gasteiger partial charge in [-0.2, -0.15) is 13.2 Å². The van der Waals surface area contributed by atoms with Crippen molar-refractivity contribution in [3.63, 3.8) is 0 Å². The van der Waals surface area contributed by atoms with Crippen LogP contribution in [0.4, 0.5) is 13.2 Å². The highest BCUT2D eigenvalue weighted by Crippen LogP contribution is 2.20. The molecule has 0 atom stereocenters. The maximum absolute atomic E-state index is 12.3. The van der Waals surface area contributed by atoms with Crippen molar-refractivity contribution < 1.29 is 26.4 Å². The second-order valence-electron chi connectivity index (χ2n) is 3.92. The van der Waals surface area contributed by atoms with Crippen LogP contribution in [0.15, 0.2) is 12.2 Å². The topological polar surface area (TPSA) is 54.5 Å². The molecule has 1 amide bonds. The molecule has 8 heteroatoms. The first-order chi connectivity index (χ1) is 8.64. The average Bonchev–Trinajstić information content (AvgIpc) is 2.24. The van der Waals surface area contributed by atoms with Crippen molar-refractivity contribution in [1.29, 1.82) is 0 Å². The minimum Gasteiger partial charge on any atom is -0.273 e. The molecule has 0 aliphatic carbocycles. The molecule has 0 spiro atoms. The van der Waals surface area contributed by atoms with Gasteiger partial charge in [-0.15, -0.1) is 0 Å². The van der Waals surface area contributed by atoms with Crippen LogP contribution in [0.5, 0.6) is 0 Å². The van der Waals surface area contributed by atoms with Crippen molar-refractivity contribution in [2.45, 2.75) is 39.3 Å². The SMILES string of the molecule is CCC=CCC(=O)N(CC(F)(F)F)S(=O)(=O)CCC. The summed E-state index contributed by atoms with van der Waals surface area (Å²) in [5, 5.41) is 0. The molecule has 0 aliphatic heterocycles. The Labute approximate surface area is 111 Å². The fourth-order valence-corrected chi connectivity index (χ4v) is 2.79. The largest absolute Gasteiger partial charge is 0.407 e. The highest BCUT2D eigenvalue weighted by molar-refractivity contribution is 7.89. The molecule has 19 heavy (non-hydrogen) atoms. The lowest BCUT2D eigenvalue weighted by Gasteiger charge is -2.23. The number of alkyl halides is 3. The molecule has 0 radical (unpaired) electrons. The molecule has 0 saturated carbocycles. The molecule has 0 aromatic heterocycles. The molecule has 0 N–H and O–H groups in total. The number of rotatable bonds is 7. The van der Waals surface area contributed by atoms with Gasteiger partial charge in [-0.25, -0.2) is 12.7 Å². The van der Waals surface area contributed by atoms with E-state index in [0.717, 1.165) is 0 Å². The monoisotopic (exact) mass is 301 g/mol. The van der Waals surface area contributed by atoms with Gasteiger partial charge in [0.1, 0.15) is 6.54 Å². The zero-order chi connectivity index (χ0) is 15.1. The van der Waals surface area contributed by atoms with E-state index in [1.807, 2.05) is 0 Å². The third-order valence-electron chi connectivity index (χ3n) is 2.09. The summed E-state index contributed by atoms with van der Waals surface area (Å²) in [7, 11) is -4.21. The van der Waals surface area contributed by atoms with Crippen molar-refractivity contribution in [3.8, 4) is 0 Å². The van der Waals surface area contributed by atoms with Gasteiger partial charge in [0.2, 0.25) is 15.9 Å². The lowest BCUT2D eigenvalue weighted by Crippen LogP contribution is -2.43.